The molecule has 9 amide bonds. The number of hydrogen-bond acceptors (Lipinski definition) is 14. The molecule has 0 saturated carbocycles. The molecule has 1 saturated heterocycles. The number of halogens is 3. The van der Waals surface area contributed by atoms with Crippen LogP contribution in [0, 0.1) is 17.5 Å². The number of quaternary nitrogens is 1. The smallest absolute Gasteiger partial charge is 0.305 e. The Morgan fingerprint density at radius 2 is 1.19 bits per heavy atom. The van der Waals surface area contributed by atoms with E-state index in [1.165, 1.54) is 116 Å². The summed E-state index contributed by atoms with van der Waals surface area (Å²) >= 11 is 2.83. The molecule has 104 heavy (non-hydrogen) atoms. The summed E-state index contributed by atoms with van der Waals surface area (Å²) in [5, 5.41) is 32.7. The van der Waals surface area contributed by atoms with Crippen LogP contribution in [0.3, 0.4) is 0 Å². The van der Waals surface area contributed by atoms with Gasteiger partial charge in [0.25, 0.3) is 0 Å². The molecule has 0 unspecified atom stereocenters. The molecule has 4 aromatic carbocycles. The highest BCUT2D eigenvalue weighted by Gasteiger charge is 2.48. The number of H-pyrrole nitrogens is 3. The lowest BCUT2D eigenvalue weighted by Gasteiger charge is -2.36. The number of amides is 9. The predicted molar refractivity (Wildman–Crippen MR) is 387 cm³/mol. The van der Waals surface area contributed by atoms with E-state index in [1.807, 2.05) is 27.2 Å². The van der Waals surface area contributed by atoms with Gasteiger partial charge in [0.2, 0.25) is 53.2 Å². The third-order valence-electron chi connectivity index (χ3n) is 18.3. The number of aromatic amines is 3. The molecule has 2 aliphatic rings. The van der Waals surface area contributed by atoms with Crippen LogP contribution in [0.25, 0.3) is 21.8 Å². The minimum absolute atomic E-state index is 0.0238. The SMILES string of the molecule is COc1ccc(C[C@@H]2NC(=O)[C@H](Cc3ncc[nH]3)NC(=O)[C@H](CC(=O)O)NC(=O)[C@H](Cc3c[nH]c4ccc(F)cc34)NC(=O)[C@H](Cc3c[nH]c4ccc(F)cc34)NC(=O)[C@@H](C)NC(=O)[C@H](CCCC[N+](C)(C)C)NC(=O)CCSCc3cc(F)cc(c3)CSCCNC(=O)[C@]3(C)CCCN3C2=O)cc1. The van der Waals surface area contributed by atoms with Crippen molar-refractivity contribution in [2.75, 3.05) is 59.4 Å². The van der Waals surface area contributed by atoms with Crippen LogP contribution in [0.1, 0.15) is 92.4 Å². The summed E-state index contributed by atoms with van der Waals surface area (Å²) in [7, 11) is 7.53. The van der Waals surface area contributed by atoms with E-state index in [-0.39, 0.29) is 68.4 Å². The minimum atomic E-state index is -2.02. The highest BCUT2D eigenvalue weighted by Crippen LogP contribution is 2.32. The minimum Gasteiger partial charge on any atom is -0.497 e. The number of unbranched alkanes of at least 4 members (excludes halogenated alkanes) is 1. The molecule has 1 fully saturated rings. The number of carboxylic acid groups (broad SMARTS) is 1. The molecule has 8 atom stereocenters. The average molecular weight is 1480 g/mol. The zero-order chi connectivity index (χ0) is 74.8. The van der Waals surface area contributed by atoms with Gasteiger partial charge in [-0.15, -0.1) is 0 Å². The first-order valence-electron chi connectivity index (χ1n) is 34.4. The molecule has 12 N–H and O–H groups in total. The van der Waals surface area contributed by atoms with E-state index in [9.17, 15) is 38.3 Å². The van der Waals surface area contributed by atoms with E-state index in [4.69, 9.17) is 4.74 Å². The summed E-state index contributed by atoms with van der Waals surface area (Å²) in [4.78, 5) is 160. The summed E-state index contributed by atoms with van der Waals surface area (Å²) in [6.07, 6.45) is 5.34. The number of carboxylic acids is 1. The molecule has 31 heteroatoms. The van der Waals surface area contributed by atoms with E-state index < -0.39 is 137 Å². The Hall–Kier alpha value is -9.88. The van der Waals surface area contributed by atoms with Crippen LogP contribution in [-0.2, 0) is 85.1 Å². The number of imidazole rings is 1. The number of nitrogens with one attached hydrogen (secondary N) is 11. The van der Waals surface area contributed by atoms with Gasteiger partial charge in [0, 0.05) is 115 Å². The van der Waals surface area contributed by atoms with Crippen molar-refractivity contribution in [3.8, 4) is 5.75 Å². The average Bonchev–Trinajstić information content (AvgIpc) is 1.62. The molecule has 3 aromatic heterocycles. The number of thioether (sulfide) groups is 2. The summed E-state index contributed by atoms with van der Waals surface area (Å²) in [6.45, 7) is 4.03. The Bertz CT molecular complexity index is 4230. The fraction of sp³-hybridized carbons (Fsp3) is 0.438. The number of methoxy groups -OCH3 is 1. The molecule has 9 rings (SSSR count). The topological polar surface area (TPSA) is 360 Å². The molecule has 0 radical (unpaired) electrons. The largest absolute Gasteiger partial charge is 0.497 e. The molecular formula is C73H90F3N14O12S2+. The monoisotopic (exact) mass is 1480 g/mol. The Labute approximate surface area is 608 Å². The number of nitrogens with zero attached hydrogens (tertiary/aromatic N) is 3. The summed E-state index contributed by atoms with van der Waals surface area (Å²) in [5.41, 5.74) is 1.96. The molecule has 7 aromatic rings. The molecule has 556 valence electrons. The van der Waals surface area contributed by atoms with Gasteiger partial charge in [0.1, 0.15) is 76.9 Å². The lowest BCUT2D eigenvalue weighted by atomic mass is 9.95. The third-order valence-corrected chi connectivity index (χ3v) is 20.4. The van der Waals surface area contributed by atoms with Crippen molar-refractivity contribution in [3.05, 3.63) is 155 Å². The zero-order valence-corrected chi connectivity index (χ0v) is 60.4. The van der Waals surface area contributed by atoms with Gasteiger partial charge in [-0.3, -0.25) is 47.9 Å². The van der Waals surface area contributed by atoms with Crippen LogP contribution in [0.2, 0.25) is 0 Å². The number of hydrogen-bond donors (Lipinski definition) is 12. The second kappa shape index (κ2) is 36.0. The number of fused-ring (bicyclic) bond motifs is 5. The van der Waals surface area contributed by atoms with E-state index in [2.05, 4.69) is 62.5 Å². The summed E-state index contributed by atoms with van der Waals surface area (Å²) in [6, 6.07) is 8.06. The number of aliphatic carboxylic acids is 1. The quantitative estimate of drug-likeness (QED) is 0.0452. The zero-order valence-electron chi connectivity index (χ0n) is 58.8. The summed E-state index contributed by atoms with van der Waals surface area (Å²) in [5.74, 6) is -8.82. The van der Waals surface area contributed by atoms with Gasteiger partial charge in [0.05, 0.1) is 41.2 Å². The Kier molecular flexibility index (Phi) is 27.1. The molecule has 0 spiro atoms. The van der Waals surface area contributed by atoms with Gasteiger partial charge in [-0.1, -0.05) is 18.2 Å². The first kappa shape index (κ1) is 78.3. The van der Waals surface area contributed by atoms with E-state index in [0.29, 0.717) is 91.2 Å². The fourth-order valence-electron chi connectivity index (χ4n) is 12.7. The van der Waals surface area contributed by atoms with Gasteiger partial charge in [-0.05, 0) is 134 Å². The highest BCUT2D eigenvalue weighted by molar-refractivity contribution is 7.98. The normalized spacial score (nSPS) is 22.6. The van der Waals surface area contributed by atoms with Crippen molar-refractivity contribution in [2.45, 2.75) is 144 Å². The lowest BCUT2D eigenvalue weighted by Crippen LogP contribution is -2.62. The molecule has 26 nitrogen and oxygen atoms in total. The number of benzene rings is 4. The number of carbonyl (C=O) groups is 10. The number of carbonyl (C=O) groups excluding carboxylic acids is 9. The van der Waals surface area contributed by atoms with Crippen molar-refractivity contribution >= 4 is 104 Å². The van der Waals surface area contributed by atoms with Crippen LogP contribution < -0.4 is 47.3 Å². The molecule has 2 bridgehead atoms. The van der Waals surface area contributed by atoms with Gasteiger partial charge in [-0.25, -0.2) is 18.2 Å². The van der Waals surface area contributed by atoms with Crippen LogP contribution in [0.5, 0.6) is 5.75 Å². The van der Waals surface area contributed by atoms with Gasteiger partial charge >= 0.3 is 5.97 Å². The maximum absolute atomic E-state index is 15.2. The van der Waals surface area contributed by atoms with Crippen molar-refractivity contribution in [3.63, 3.8) is 0 Å². The molecule has 0 aliphatic carbocycles. The van der Waals surface area contributed by atoms with Gasteiger partial charge in [-0.2, -0.15) is 23.5 Å². The molecule has 2 aliphatic heterocycles. The Morgan fingerprint density at radius 3 is 1.77 bits per heavy atom. The maximum Gasteiger partial charge on any atom is 0.305 e. The third kappa shape index (κ3) is 21.8. The van der Waals surface area contributed by atoms with Gasteiger partial charge in [0.15, 0.2) is 0 Å². The second-order valence-corrected chi connectivity index (χ2v) is 29.6. The highest BCUT2D eigenvalue weighted by atomic mass is 32.2. The molecular weight excluding hydrogens is 1390 g/mol. The number of aromatic nitrogens is 4. The van der Waals surface area contributed by atoms with E-state index in [1.54, 1.807) is 31.2 Å². The van der Waals surface area contributed by atoms with E-state index in [0.717, 1.165) is 6.54 Å². The van der Waals surface area contributed by atoms with Crippen LogP contribution in [-0.4, -0.2) is 201 Å². The van der Waals surface area contributed by atoms with Gasteiger partial charge < -0.3 is 76.7 Å². The number of rotatable bonds is 16. The summed E-state index contributed by atoms with van der Waals surface area (Å²) < 4.78 is 51.2. The standard InChI is InChI=1S/C73H89F3N14O12S2/c1-42-65(94)84-57(32-46-38-80-54-17-13-48(74)34-52(46)54)67(96)85-58(33-47-39-81-55-18-14-49(75)35-53(47)55)68(97)87-60(37-64(92)93)70(99)86-59(36-62-77-21-22-78-62)69(98)88-61(31-43-11-15-51(102-6)16-12-43)71(100)89-24-9-20-73(89,2)72(101)79-23-27-104-41-45-28-44(29-50(76)30-45)40-103-26-19-63(91)83-56(66(95)82-42)10-7-8-25-90(3,4)5/h11-18,21-22,28-30,34-35,38-39,42,56-61,80-81H,7-10,19-20,23-27,31-33,36-37,40-41H2,1-6H3,(H9-,77,78,79,82,83,84,85,86,87,88,91,92,93,94,95,96,97,98,99,101)/p+1/t42-,56+,57+,58+,59+,60+,61+,73+/m1/s1. The Morgan fingerprint density at radius 1 is 0.635 bits per heavy atom. The van der Waals surface area contributed by atoms with Crippen molar-refractivity contribution in [1.29, 1.82) is 0 Å². The Balaban J connectivity index is 1.06. The van der Waals surface area contributed by atoms with Crippen molar-refractivity contribution in [1.82, 2.24) is 67.4 Å². The first-order valence-corrected chi connectivity index (χ1v) is 36.7. The molecule has 5 heterocycles. The van der Waals surface area contributed by atoms with Crippen molar-refractivity contribution < 1.29 is 75.4 Å². The fourth-order valence-corrected chi connectivity index (χ4v) is 14.4. The van der Waals surface area contributed by atoms with Crippen LogP contribution in [0.15, 0.2) is 104 Å². The first-order chi connectivity index (χ1) is 49.6. The lowest BCUT2D eigenvalue weighted by molar-refractivity contribution is -0.870. The van der Waals surface area contributed by atoms with Crippen molar-refractivity contribution in [2.24, 2.45) is 0 Å². The maximum atomic E-state index is 15.2. The van der Waals surface area contributed by atoms with Crippen LogP contribution in [0.4, 0.5) is 13.2 Å². The second-order valence-electron chi connectivity index (χ2n) is 27.4. The van der Waals surface area contributed by atoms with Crippen LogP contribution >= 0.6 is 23.5 Å². The van der Waals surface area contributed by atoms with E-state index >= 15 is 28.0 Å². The number of ether oxygens (including phenoxy) is 1. The predicted octanol–water partition coefficient (Wildman–Crippen LogP) is 4.90.